The van der Waals surface area contributed by atoms with Gasteiger partial charge in [0.25, 0.3) is 0 Å². The van der Waals surface area contributed by atoms with Gasteiger partial charge >= 0.3 is 5.97 Å². The van der Waals surface area contributed by atoms with Crippen molar-refractivity contribution in [3.63, 3.8) is 0 Å². The molecule has 0 radical (unpaired) electrons. The van der Waals surface area contributed by atoms with Crippen LogP contribution < -0.4 is 4.74 Å². The number of hydrogen-bond acceptors (Lipinski definition) is 7. The number of benzene rings is 1. The van der Waals surface area contributed by atoms with Crippen LogP contribution in [0.1, 0.15) is 78.6 Å². The molecule has 1 aliphatic carbocycles. The molecule has 9 heteroatoms. The minimum atomic E-state index is -3.43. The van der Waals surface area contributed by atoms with Gasteiger partial charge in [0.2, 0.25) is 5.88 Å². The number of aromatic nitrogens is 2. The van der Waals surface area contributed by atoms with Crippen molar-refractivity contribution in [1.82, 2.24) is 9.78 Å². The number of methoxy groups -OCH3 is 1. The van der Waals surface area contributed by atoms with Gasteiger partial charge in [0.1, 0.15) is 5.56 Å². The Morgan fingerprint density at radius 3 is 2.52 bits per heavy atom. The molecule has 1 atom stereocenters. The highest BCUT2D eigenvalue weighted by Crippen LogP contribution is 2.38. The van der Waals surface area contributed by atoms with Gasteiger partial charge in [-0.1, -0.05) is 19.3 Å². The van der Waals surface area contributed by atoms with Crippen LogP contribution in [0.25, 0.3) is 0 Å². The molecule has 1 unspecified atom stereocenters. The normalized spacial score (nSPS) is 20.3. The summed E-state index contributed by atoms with van der Waals surface area (Å²) in [4.78, 5) is 26.6. The smallest absolute Gasteiger partial charge is 0.315 e. The molecule has 0 N–H and O–H groups in total. The van der Waals surface area contributed by atoms with E-state index in [2.05, 4.69) is 5.10 Å². The maximum Gasteiger partial charge on any atom is 0.315 e. The van der Waals surface area contributed by atoms with Crippen molar-refractivity contribution in [3.8, 4) is 5.88 Å². The Hall–Kier alpha value is -2.52. The number of carbonyl (C=O) groups excluding carboxylic acids is 2. The van der Waals surface area contributed by atoms with E-state index in [4.69, 9.17) is 9.47 Å². The zero-order chi connectivity index (χ0) is 23.8. The number of ketones is 1. The van der Waals surface area contributed by atoms with Crippen LogP contribution in [0.3, 0.4) is 0 Å². The number of hydrogen-bond donors (Lipinski definition) is 0. The standard InChI is InChI=1S/C24H30N2O6S/c1-4-26-23(32-24(28)16-8-6-5-7-9-16)18(14-25-26)22(27)17-10-11-20-21(15(17)2)19(31-3)12-13-33(20,29)30/h10-11,14,16,19H,4-9,12-13H2,1-3H3. The lowest BCUT2D eigenvalue weighted by molar-refractivity contribution is -0.140. The fraction of sp³-hybridized carbons (Fsp3) is 0.542. The highest BCUT2D eigenvalue weighted by Gasteiger charge is 2.34. The van der Waals surface area contributed by atoms with E-state index in [1.807, 2.05) is 6.92 Å². The fourth-order valence-electron chi connectivity index (χ4n) is 4.90. The number of carbonyl (C=O) groups is 2. The van der Waals surface area contributed by atoms with Crippen molar-refractivity contribution in [1.29, 1.82) is 0 Å². The third kappa shape index (κ3) is 4.36. The van der Waals surface area contributed by atoms with E-state index >= 15 is 0 Å². The lowest BCUT2D eigenvalue weighted by Crippen LogP contribution is -2.25. The molecule has 178 valence electrons. The van der Waals surface area contributed by atoms with E-state index < -0.39 is 15.9 Å². The highest BCUT2D eigenvalue weighted by atomic mass is 32.2. The third-order valence-corrected chi connectivity index (χ3v) is 8.58. The molecule has 0 spiro atoms. The molecule has 1 fully saturated rings. The average Bonchev–Trinajstić information content (AvgIpc) is 3.22. The van der Waals surface area contributed by atoms with Gasteiger partial charge in [-0.15, -0.1) is 0 Å². The molecule has 2 aliphatic rings. The highest BCUT2D eigenvalue weighted by molar-refractivity contribution is 7.91. The van der Waals surface area contributed by atoms with Crippen molar-refractivity contribution >= 4 is 21.6 Å². The van der Waals surface area contributed by atoms with Gasteiger partial charge in [0, 0.05) is 24.8 Å². The van der Waals surface area contributed by atoms with Gasteiger partial charge in [-0.05, 0) is 50.8 Å². The largest absolute Gasteiger partial charge is 0.407 e. The summed E-state index contributed by atoms with van der Waals surface area (Å²) < 4.78 is 38.0. The molecule has 0 saturated heterocycles. The molecular formula is C24H30N2O6S. The van der Waals surface area contributed by atoms with Crippen LogP contribution in [-0.4, -0.2) is 42.8 Å². The molecule has 0 bridgehead atoms. The van der Waals surface area contributed by atoms with Crippen LogP contribution in [0, 0.1) is 12.8 Å². The molecular weight excluding hydrogens is 444 g/mol. The third-order valence-electron chi connectivity index (χ3n) is 6.78. The maximum absolute atomic E-state index is 13.6. The van der Waals surface area contributed by atoms with Crippen molar-refractivity contribution < 1.29 is 27.5 Å². The van der Waals surface area contributed by atoms with Crippen LogP contribution in [0.5, 0.6) is 5.88 Å². The van der Waals surface area contributed by atoms with Gasteiger partial charge in [-0.2, -0.15) is 5.10 Å². The second-order valence-corrected chi connectivity index (χ2v) is 10.8. The van der Waals surface area contributed by atoms with E-state index in [0.29, 0.717) is 29.7 Å². The van der Waals surface area contributed by atoms with Crippen molar-refractivity contribution in [2.75, 3.05) is 12.9 Å². The predicted molar refractivity (Wildman–Crippen MR) is 121 cm³/mol. The van der Waals surface area contributed by atoms with Gasteiger partial charge < -0.3 is 9.47 Å². The Morgan fingerprint density at radius 1 is 1.12 bits per heavy atom. The van der Waals surface area contributed by atoms with Crippen LogP contribution in [-0.2, 0) is 25.9 Å². The van der Waals surface area contributed by atoms with Crippen LogP contribution in [0.2, 0.25) is 0 Å². The molecule has 0 amide bonds. The average molecular weight is 475 g/mol. The molecule has 1 aromatic heterocycles. The summed E-state index contributed by atoms with van der Waals surface area (Å²) in [5, 5.41) is 4.25. The van der Waals surface area contributed by atoms with Crippen LogP contribution >= 0.6 is 0 Å². The first-order valence-electron chi connectivity index (χ1n) is 11.5. The minimum Gasteiger partial charge on any atom is -0.407 e. The molecule has 4 rings (SSSR count). The first kappa shape index (κ1) is 23.6. The van der Waals surface area contributed by atoms with Gasteiger partial charge in [0.15, 0.2) is 15.6 Å². The number of ether oxygens (including phenoxy) is 2. The number of aryl methyl sites for hydroxylation is 1. The molecule has 1 aromatic carbocycles. The number of sulfone groups is 1. The number of fused-ring (bicyclic) bond motifs is 1. The predicted octanol–water partition coefficient (Wildman–Crippen LogP) is 3.79. The summed E-state index contributed by atoms with van der Waals surface area (Å²) in [6.45, 7) is 4.03. The Kier molecular flexibility index (Phi) is 6.72. The van der Waals surface area contributed by atoms with Crippen molar-refractivity contribution in [2.45, 2.75) is 69.9 Å². The molecule has 1 saturated carbocycles. The van der Waals surface area contributed by atoms with E-state index in [-0.39, 0.29) is 39.8 Å². The second-order valence-electron chi connectivity index (χ2n) is 8.75. The minimum absolute atomic E-state index is 0.00970. The number of rotatable bonds is 6. The summed E-state index contributed by atoms with van der Waals surface area (Å²) in [5.74, 6) is -0.701. The lowest BCUT2D eigenvalue weighted by Gasteiger charge is -2.27. The van der Waals surface area contributed by atoms with Gasteiger partial charge in [-0.3, -0.25) is 9.59 Å². The number of esters is 1. The fourth-order valence-corrected chi connectivity index (χ4v) is 6.54. The summed E-state index contributed by atoms with van der Waals surface area (Å²) in [5.41, 5.74) is 1.62. The summed E-state index contributed by atoms with van der Waals surface area (Å²) in [6.07, 6.45) is 6.04. The van der Waals surface area contributed by atoms with Gasteiger partial charge in [0.05, 0.1) is 28.9 Å². The van der Waals surface area contributed by atoms with Crippen LogP contribution in [0.4, 0.5) is 0 Å². The zero-order valence-electron chi connectivity index (χ0n) is 19.3. The first-order valence-corrected chi connectivity index (χ1v) is 13.1. The van der Waals surface area contributed by atoms with Crippen LogP contribution in [0.15, 0.2) is 23.2 Å². The van der Waals surface area contributed by atoms with Crippen molar-refractivity contribution in [3.05, 3.63) is 40.6 Å². The quantitative estimate of drug-likeness (QED) is 0.463. The van der Waals surface area contributed by atoms with E-state index in [9.17, 15) is 18.0 Å². The second kappa shape index (κ2) is 9.38. The first-order chi connectivity index (χ1) is 15.8. The van der Waals surface area contributed by atoms with E-state index in [1.165, 1.54) is 30.1 Å². The zero-order valence-corrected chi connectivity index (χ0v) is 20.1. The Balaban J connectivity index is 1.72. The summed E-state index contributed by atoms with van der Waals surface area (Å²) in [6, 6.07) is 3.01. The summed E-state index contributed by atoms with van der Waals surface area (Å²) >= 11 is 0. The van der Waals surface area contributed by atoms with E-state index in [0.717, 1.165) is 32.1 Å². The number of nitrogens with zero attached hydrogens (tertiary/aromatic N) is 2. The lowest BCUT2D eigenvalue weighted by atomic mass is 9.89. The molecule has 2 aromatic rings. The molecule has 8 nitrogen and oxygen atoms in total. The molecule has 33 heavy (non-hydrogen) atoms. The SMILES string of the molecule is CCn1ncc(C(=O)c2ccc3c(c2C)C(OC)CCS3(=O)=O)c1OC(=O)C1CCCCC1. The van der Waals surface area contributed by atoms with Crippen molar-refractivity contribution in [2.24, 2.45) is 5.92 Å². The van der Waals surface area contributed by atoms with E-state index in [1.54, 1.807) is 6.92 Å². The topological polar surface area (TPSA) is 105 Å². The molecule has 1 aliphatic heterocycles. The Bertz CT molecular complexity index is 1180. The monoisotopic (exact) mass is 474 g/mol. The summed E-state index contributed by atoms with van der Waals surface area (Å²) in [7, 11) is -1.89. The Morgan fingerprint density at radius 2 is 1.85 bits per heavy atom. The van der Waals surface area contributed by atoms with Gasteiger partial charge in [-0.25, -0.2) is 13.1 Å². The Labute approximate surface area is 194 Å². The maximum atomic E-state index is 13.6. The molecule has 2 heterocycles.